The van der Waals surface area contributed by atoms with Crippen LogP contribution in [0.1, 0.15) is 0 Å². The molecule has 84 heavy (non-hydrogen) atoms. The molecule has 0 spiro atoms. The molecule has 0 rings (SSSR count). The van der Waals surface area contributed by atoms with Gasteiger partial charge in [-0.05, 0) is 0 Å². The Morgan fingerprint density at radius 3 is 0.369 bits per heavy atom. The summed E-state index contributed by atoms with van der Waals surface area (Å²) in [6.07, 6.45) is 24.0. The summed E-state index contributed by atoms with van der Waals surface area (Å²) < 4.78 is 0. The third-order valence-electron chi connectivity index (χ3n) is 25.0. The van der Waals surface area contributed by atoms with Crippen molar-refractivity contribution in [3.8, 4) is 0 Å². The predicted octanol–water partition coefficient (Wildman–Crippen LogP) is -55.0. The SMILES string of the molecule is BBB(B)B(B(B(B)B)B(B)B)B(B(BB(B(B(B(B)B)B(B)B)B(B(B)B)B(B)B)B(B(B(B)B)B(B)B)B(B(B)B)B(B)B)B(B(B(B(B)B)B(B)B)B(B(B)B)B(B)B)B(B(B(B)B)B(B)B)B(B(B)B)B(B)B)B(B(B)B)B(B)B. The fourth-order valence-electron chi connectivity index (χ4n) is 24.2. The van der Waals surface area contributed by atoms with Gasteiger partial charge < -0.3 is 0 Å². The van der Waals surface area contributed by atoms with Gasteiger partial charge in [0.25, 0.3) is 0 Å². The largest absolute Gasteiger partial charge is 0.0594 e. The monoisotopic (exact) mass is 1010 g/mol. The molecule has 0 aromatic carbocycles. The Morgan fingerprint density at radius 2 is 0.238 bits per heavy atom. The third-order valence-corrected chi connectivity index (χ3v) is 25.0. The van der Waals surface area contributed by atoms with E-state index >= 15 is 0 Å². The smallest absolute Gasteiger partial charge is 0.000235 e. The van der Waals surface area contributed by atoms with Crippen LogP contribution >= 0.6 is 0 Å². The summed E-state index contributed by atoms with van der Waals surface area (Å²) in [6.45, 7) is 0. The Hall–Kier alpha value is 5.45. The lowest BCUT2D eigenvalue weighted by Crippen LogP contribution is -2.96. The van der Waals surface area contributed by atoms with Crippen molar-refractivity contribution in [3.63, 3.8) is 0 Å². The molecule has 0 amide bonds. The molecule has 0 saturated heterocycles. The van der Waals surface area contributed by atoms with Gasteiger partial charge >= 0.3 is 0 Å². The Balaban J connectivity index is 12.4. The van der Waals surface area contributed by atoms with Crippen LogP contribution in [0.25, 0.3) is 0 Å². The molecule has 0 nitrogen and oxygen atoms in total. The summed E-state index contributed by atoms with van der Waals surface area (Å²) in [5, 5.41) is 0. The van der Waals surface area contributed by atoms with Crippen LogP contribution in [0, 0.1) is 0 Å². The van der Waals surface area contributed by atoms with Crippen LogP contribution in [0.15, 0.2) is 0 Å². The lowest BCUT2D eigenvalue weighted by molar-refractivity contribution is 3.17. The van der Waals surface area contributed by atoms with E-state index in [0.29, 0.717) is 255 Å². The second-order valence-electron chi connectivity index (χ2n) is 37.6. The first-order valence-electron chi connectivity index (χ1n) is 38.3. The summed E-state index contributed by atoms with van der Waals surface area (Å²) >= 11 is 0. The van der Waals surface area contributed by atoms with E-state index in [1.54, 1.807) is 0 Å². The molecule has 0 unspecified atom stereocenters. The van der Waals surface area contributed by atoms with Crippen LogP contribution in [-0.2, 0) is 0 Å². The molecule has 0 aromatic rings. The number of hydrogen-bond acceptors (Lipinski definition) is 0. The van der Waals surface area contributed by atoms with E-state index in [1.807, 2.05) is 0 Å². The zero-order valence-corrected chi connectivity index (χ0v) is 66.5. The fourth-order valence-corrected chi connectivity index (χ4v) is 24.2. The summed E-state index contributed by atoms with van der Waals surface area (Å²) in [5.41, 5.74) is 0. The minimum Gasteiger partial charge on any atom is 0.000235 e. The molecule has 0 aliphatic carbocycles. The minimum atomic E-state index is 0.545. The van der Waals surface area contributed by atoms with Crippen LogP contribution in [0.2, 0.25) is 0 Å². The van der Waals surface area contributed by atoms with Crippen molar-refractivity contribution >= 4 is 594 Å². The lowest BCUT2D eigenvalue weighted by Gasteiger charge is -2.57. The first-order valence-corrected chi connectivity index (χ1v) is 38.3. The normalized spacial score (nSPS) is 9.76. The van der Waals surface area contributed by atoms with Gasteiger partial charge in [0.05, 0.1) is 325 Å². The quantitative estimate of drug-likeness (QED) is 0.0536. The van der Waals surface area contributed by atoms with Gasteiger partial charge in [0.15, 0.2) is 0 Å². The van der Waals surface area contributed by atoms with Gasteiger partial charge in [0.1, 0.15) is 0 Å². The van der Waals surface area contributed by atoms with Crippen LogP contribution in [0.4, 0.5) is 0 Å². The zero-order valence-electron chi connectivity index (χ0n) is 66.5. The maximum absolute atomic E-state index is 2.81. The molecular formula is H86B84. The third kappa shape index (κ3) is 24.5. The van der Waals surface area contributed by atoms with Gasteiger partial charge in [-0.15, -0.1) is 0 Å². The summed E-state index contributed by atoms with van der Waals surface area (Å²) in [6, 6.07) is 0. The van der Waals surface area contributed by atoms with Gasteiger partial charge in [-0.3, -0.25) is 0 Å². The standard InChI is InChI=1S/B84H86/c1-43-65(42)78(68(45(2)3)46(4)5)81(73(55(22)23)56(24)25)67(82(83(74(57(26)27)58(28)29)75(59(30)31)60(32)33)84(76(61(34)35)62(36)37)77(63(38)39)64(40)41)44-66(79(69(47(6)7)48(8)9)70(49(10)11)50(12)13)80(71(51(14)15)52(16)17)72(53(18)19)54(20)21/h43-44H,1-42H2. The molecule has 84 heteroatoms. The predicted molar refractivity (Wildman–Crippen MR) is 603 cm³/mol. The Labute approximate surface area is 588 Å². The van der Waals surface area contributed by atoms with Crippen molar-refractivity contribution in [3.05, 3.63) is 0 Å². The molecule has 0 atom stereocenters. The van der Waals surface area contributed by atoms with E-state index in [-0.39, 0.29) is 0 Å². The molecule has 338 valence electrons. The Morgan fingerprint density at radius 1 is 0.131 bits per heavy atom. The van der Waals surface area contributed by atoms with Crippen LogP contribution in [-0.4, -0.2) is 594 Å². The van der Waals surface area contributed by atoms with E-state index < -0.39 is 0 Å². The average Bonchev–Trinajstić information content (AvgIpc) is 3.28. The molecule has 0 aliphatic heterocycles. The maximum atomic E-state index is 2.81. The highest BCUT2D eigenvalue weighted by atomic mass is 13.4. The van der Waals surface area contributed by atoms with Crippen molar-refractivity contribution in [2.75, 3.05) is 0 Å². The van der Waals surface area contributed by atoms with E-state index in [2.05, 4.69) is 325 Å². The maximum Gasteiger partial charge on any atom is 0.0594 e. The van der Waals surface area contributed by atoms with Crippen LogP contribution < -0.4 is 0 Å². The van der Waals surface area contributed by atoms with E-state index in [0.717, 1.165) is 0 Å². The summed E-state index contributed by atoms with van der Waals surface area (Å²) in [4.78, 5) is 0. The first kappa shape index (κ1) is 89.5. The fraction of sp³-hybridized carbons (Fsp3) is 0. The topological polar surface area (TPSA) is 0 Å². The number of hydrogen-bond donors (Lipinski definition) is 0. The number of rotatable bonds is 41. The Bertz CT molecular complexity index is 1400. The molecular weight excluding hydrogens is 908 g/mol. The lowest BCUT2D eigenvalue weighted by atomic mass is 8.23. The zero-order chi connectivity index (χ0) is 66.5. The van der Waals surface area contributed by atoms with Crippen molar-refractivity contribution in [1.82, 2.24) is 0 Å². The van der Waals surface area contributed by atoms with Crippen molar-refractivity contribution in [1.29, 1.82) is 0 Å². The molecule has 0 aliphatic rings. The summed E-state index contributed by atoms with van der Waals surface area (Å²) in [7, 11) is 116. The van der Waals surface area contributed by atoms with Gasteiger partial charge in [0.2, 0.25) is 0 Å². The highest BCUT2D eigenvalue weighted by Crippen LogP contribution is 2.25. The Kier molecular flexibility index (Phi) is 44.4. The molecule has 0 heterocycles. The molecule has 0 saturated carbocycles. The molecule has 0 fully saturated rings. The van der Waals surface area contributed by atoms with Crippen molar-refractivity contribution in [2.24, 2.45) is 0 Å². The van der Waals surface area contributed by atoms with Crippen LogP contribution in [0.5, 0.6) is 0 Å². The van der Waals surface area contributed by atoms with Gasteiger partial charge in [0, 0.05) is 270 Å². The van der Waals surface area contributed by atoms with Crippen molar-refractivity contribution < 1.29 is 0 Å². The second kappa shape index (κ2) is 41.6. The molecule has 0 radical (unpaired) electrons. The highest BCUT2D eigenvalue weighted by Gasteiger charge is 2.64. The van der Waals surface area contributed by atoms with Gasteiger partial charge in [-0.2, -0.15) is 0 Å². The second-order valence-corrected chi connectivity index (χ2v) is 37.6. The first-order chi connectivity index (χ1) is 38.3. The highest BCUT2D eigenvalue weighted by molar-refractivity contribution is 8.38. The average molecular weight is 995 g/mol. The van der Waals surface area contributed by atoms with E-state index in [4.69, 9.17) is 0 Å². The molecule has 0 bridgehead atoms. The van der Waals surface area contributed by atoms with Crippen molar-refractivity contribution in [2.45, 2.75) is 0 Å². The van der Waals surface area contributed by atoms with E-state index in [9.17, 15) is 0 Å². The molecule has 0 N–H and O–H groups in total. The summed E-state index contributed by atoms with van der Waals surface area (Å²) in [5.74, 6) is 0. The molecule has 0 aromatic heterocycles. The van der Waals surface area contributed by atoms with Gasteiger partial charge in [-0.25, -0.2) is 0 Å². The minimum absolute atomic E-state index is 0.545. The van der Waals surface area contributed by atoms with E-state index in [1.165, 1.54) is 14.1 Å². The van der Waals surface area contributed by atoms with Gasteiger partial charge in [-0.1, -0.05) is 0 Å². The van der Waals surface area contributed by atoms with Crippen LogP contribution in [0.3, 0.4) is 0 Å².